The molecule has 4 aromatic rings. The van der Waals surface area contributed by atoms with Crippen LogP contribution in [0.4, 0.5) is 0 Å². The fourth-order valence-corrected chi connectivity index (χ4v) is 9.26. The van der Waals surface area contributed by atoms with Crippen molar-refractivity contribution < 1.29 is 43.4 Å². The number of benzene rings is 3. The molecule has 4 heterocycles. The maximum Gasteiger partial charge on any atom is 0.267 e. The number of ether oxygens (including phenoxy) is 6. The third-order valence-corrected chi connectivity index (χ3v) is 11.5. The summed E-state index contributed by atoms with van der Waals surface area (Å²) < 4.78 is 34.2. The van der Waals surface area contributed by atoms with Crippen LogP contribution in [0.1, 0.15) is 56.0 Å². The fraction of sp³-hybridized carbons (Fsp3) is 0.450. The van der Waals surface area contributed by atoms with Gasteiger partial charge in [-0.3, -0.25) is 14.6 Å². The number of aromatic hydroxyl groups is 2. The number of methoxy groups -OCH3 is 5. The van der Waals surface area contributed by atoms with Crippen molar-refractivity contribution in [2.45, 2.75) is 56.9 Å². The summed E-state index contributed by atoms with van der Waals surface area (Å²) in [4.78, 5) is 21.4. The van der Waals surface area contributed by atoms with E-state index in [1.807, 2.05) is 39.1 Å². The van der Waals surface area contributed by atoms with Crippen molar-refractivity contribution in [2.75, 3.05) is 62.4 Å². The lowest BCUT2D eigenvalue weighted by molar-refractivity contribution is -0.0724. The van der Waals surface area contributed by atoms with Crippen molar-refractivity contribution in [1.29, 1.82) is 5.26 Å². The van der Waals surface area contributed by atoms with Gasteiger partial charge in [0.1, 0.15) is 35.6 Å². The predicted octanol–water partition coefficient (Wildman–Crippen LogP) is 4.46. The molecule has 0 unspecified atom stereocenters. The zero-order valence-electron chi connectivity index (χ0n) is 31.8. The Bertz CT molecular complexity index is 2160. The summed E-state index contributed by atoms with van der Waals surface area (Å²) in [7, 11) is 9.77. The molecular formula is C40H47N5O9. The second-order valence-corrected chi connectivity index (χ2v) is 14.0. The average Bonchev–Trinajstić information content (AvgIpc) is 3.59. The van der Waals surface area contributed by atoms with E-state index in [0.29, 0.717) is 77.0 Å². The Labute approximate surface area is 314 Å². The van der Waals surface area contributed by atoms with E-state index in [1.54, 1.807) is 27.4 Å². The Hall–Kier alpha value is -5.36. The molecule has 1 aromatic heterocycles. The van der Waals surface area contributed by atoms with E-state index in [1.165, 1.54) is 14.2 Å². The number of phenolic OH excluding ortho intramolecular Hbond substituents is 2. The monoisotopic (exact) mass is 741 g/mol. The Balaban J connectivity index is 1.34. The van der Waals surface area contributed by atoms with Gasteiger partial charge in [-0.2, -0.15) is 5.26 Å². The minimum Gasteiger partial charge on any atom is -0.504 e. The molecule has 1 saturated heterocycles. The lowest BCUT2D eigenvalue weighted by Crippen LogP contribution is -2.68. The van der Waals surface area contributed by atoms with Crippen molar-refractivity contribution in [3.63, 3.8) is 0 Å². The number of nitrogens with one attached hydrogen (secondary N) is 2. The highest BCUT2D eigenvalue weighted by Crippen LogP contribution is 2.58. The molecule has 0 radical (unpaired) electrons. The van der Waals surface area contributed by atoms with Gasteiger partial charge in [0.05, 0.1) is 53.2 Å². The average molecular weight is 742 g/mol. The van der Waals surface area contributed by atoms with Gasteiger partial charge in [0.25, 0.3) is 5.91 Å². The minimum absolute atomic E-state index is 0.0268. The van der Waals surface area contributed by atoms with E-state index in [4.69, 9.17) is 28.4 Å². The van der Waals surface area contributed by atoms with Gasteiger partial charge in [-0.1, -0.05) is 0 Å². The number of likely N-dealkylation sites (N-methyl/N-ethyl adjacent to an activating group) is 1. The summed E-state index contributed by atoms with van der Waals surface area (Å²) in [6, 6.07) is 7.35. The quantitative estimate of drug-likeness (QED) is 0.160. The first-order valence-electron chi connectivity index (χ1n) is 17.9. The molecule has 3 aliphatic heterocycles. The first-order valence-corrected chi connectivity index (χ1v) is 17.9. The molecule has 3 aliphatic rings. The van der Waals surface area contributed by atoms with Crippen molar-refractivity contribution in [3.8, 4) is 46.3 Å². The molecule has 5 atom stereocenters. The summed E-state index contributed by atoms with van der Waals surface area (Å²) in [5, 5.41) is 38.7. The molecule has 0 saturated carbocycles. The number of fused-ring (bicyclic) bond motifs is 8. The van der Waals surface area contributed by atoms with Gasteiger partial charge in [-0.05, 0) is 58.0 Å². The summed E-state index contributed by atoms with van der Waals surface area (Å²) in [6.45, 7) is 4.56. The third-order valence-electron chi connectivity index (χ3n) is 11.5. The second kappa shape index (κ2) is 14.5. The van der Waals surface area contributed by atoms with E-state index in [2.05, 4.69) is 26.2 Å². The van der Waals surface area contributed by atoms with Crippen LogP contribution in [0, 0.1) is 25.2 Å². The predicted molar refractivity (Wildman–Crippen MR) is 199 cm³/mol. The van der Waals surface area contributed by atoms with Crippen LogP contribution in [0.25, 0.3) is 10.9 Å². The topological polar surface area (TPSA) is 171 Å². The maximum absolute atomic E-state index is 13.9. The summed E-state index contributed by atoms with van der Waals surface area (Å²) in [6.07, 6.45) is 0.769. The van der Waals surface area contributed by atoms with E-state index in [-0.39, 0.29) is 35.7 Å². The smallest absolute Gasteiger partial charge is 0.267 e. The van der Waals surface area contributed by atoms with Gasteiger partial charge in [0, 0.05) is 70.0 Å². The van der Waals surface area contributed by atoms with Gasteiger partial charge in [0.15, 0.2) is 23.0 Å². The van der Waals surface area contributed by atoms with E-state index < -0.39 is 24.2 Å². The largest absolute Gasteiger partial charge is 0.504 e. The van der Waals surface area contributed by atoms with Crippen LogP contribution in [0.5, 0.6) is 40.2 Å². The molecule has 14 heteroatoms. The summed E-state index contributed by atoms with van der Waals surface area (Å²) in [5.74, 6) is 2.01. The highest BCUT2D eigenvalue weighted by atomic mass is 16.5. The fourth-order valence-electron chi connectivity index (χ4n) is 9.26. The van der Waals surface area contributed by atoms with Gasteiger partial charge in [0.2, 0.25) is 0 Å². The highest BCUT2D eigenvalue weighted by Gasteiger charge is 2.57. The number of amides is 1. The molecule has 54 heavy (non-hydrogen) atoms. The van der Waals surface area contributed by atoms with Gasteiger partial charge in [-0.15, -0.1) is 0 Å². The normalized spacial score (nSPS) is 21.7. The standard InChI is InChI=1S/C40H47N5O9/c1-19-36(50-5)23-16-28-33-32-24(37(51-6)20(2)39(53-8)35(32)47)15-27(44(33)3)29(17-41)45(28)30(31(23)34(46)38(19)52-7)18-42-40(48)26-14-21-13-22(54-12-11-49-4)9-10-25(21)43-26/h9-10,13-14,27-30,33,43,46-47H,11-12,15-16,18H2,1-8H3,(H,42,48)/t27-,28-,29-,30-,33-/m0/s1. The van der Waals surface area contributed by atoms with Crippen LogP contribution < -0.4 is 29.0 Å². The van der Waals surface area contributed by atoms with E-state index in [0.717, 1.165) is 22.0 Å². The number of hydrogen-bond donors (Lipinski definition) is 4. The molecule has 0 aliphatic carbocycles. The van der Waals surface area contributed by atoms with Crippen LogP contribution in [0.3, 0.4) is 0 Å². The first kappa shape index (κ1) is 37.0. The number of H-pyrrole nitrogens is 1. The van der Waals surface area contributed by atoms with Crippen LogP contribution in [-0.4, -0.2) is 111 Å². The maximum atomic E-state index is 13.9. The van der Waals surface area contributed by atoms with E-state index in [9.17, 15) is 20.3 Å². The van der Waals surface area contributed by atoms with Crippen molar-refractivity contribution >= 4 is 16.8 Å². The van der Waals surface area contributed by atoms with E-state index >= 15 is 0 Å². The molecule has 4 N–H and O–H groups in total. The van der Waals surface area contributed by atoms with Gasteiger partial charge < -0.3 is 48.9 Å². The zero-order chi connectivity index (χ0) is 38.6. The van der Waals surface area contributed by atoms with Crippen LogP contribution in [0.2, 0.25) is 0 Å². The molecule has 3 aromatic carbocycles. The minimum atomic E-state index is -0.697. The second-order valence-electron chi connectivity index (χ2n) is 14.0. The lowest BCUT2D eigenvalue weighted by atomic mass is 9.71. The number of aromatic nitrogens is 1. The van der Waals surface area contributed by atoms with Crippen LogP contribution in [0.15, 0.2) is 24.3 Å². The van der Waals surface area contributed by atoms with Gasteiger partial charge in [-0.25, -0.2) is 0 Å². The number of carbonyl (C=O) groups is 1. The molecule has 14 nitrogen and oxygen atoms in total. The Morgan fingerprint density at radius 2 is 1.50 bits per heavy atom. The van der Waals surface area contributed by atoms with Crippen LogP contribution in [-0.2, 0) is 17.6 Å². The number of nitrogens with zero attached hydrogens (tertiary/aromatic N) is 3. The molecule has 0 spiro atoms. The summed E-state index contributed by atoms with van der Waals surface area (Å²) in [5.41, 5.74) is 5.18. The number of nitriles is 1. The Kier molecular flexibility index (Phi) is 9.91. The molecule has 7 rings (SSSR count). The first-order chi connectivity index (χ1) is 26.0. The number of carbonyl (C=O) groups excluding carboxylic acids is 1. The number of hydrogen-bond acceptors (Lipinski definition) is 12. The van der Waals surface area contributed by atoms with Crippen LogP contribution >= 0.6 is 0 Å². The third kappa shape index (κ3) is 5.61. The number of piperazine rings is 1. The molecule has 2 bridgehead atoms. The van der Waals surface area contributed by atoms with Gasteiger partial charge >= 0.3 is 0 Å². The summed E-state index contributed by atoms with van der Waals surface area (Å²) >= 11 is 0. The Morgan fingerprint density at radius 1 is 0.889 bits per heavy atom. The number of phenols is 2. The van der Waals surface area contributed by atoms with Crippen molar-refractivity contribution in [3.05, 3.63) is 63.3 Å². The lowest BCUT2D eigenvalue weighted by Gasteiger charge is -2.60. The zero-order valence-corrected chi connectivity index (χ0v) is 31.8. The number of aromatic amines is 1. The molecule has 1 amide bonds. The number of rotatable bonds is 11. The van der Waals surface area contributed by atoms with Crippen molar-refractivity contribution in [1.82, 2.24) is 20.1 Å². The molecule has 1 fully saturated rings. The molecule has 286 valence electrons. The highest BCUT2D eigenvalue weighted by molar-refractivity contribution is 5.98. The van der Waals surface area contributed by atoms with Crippen molar-refractivity contribution in [2.24, 2.45) is 0 Å². The molecular weight excluding hydrogens is 694 g/mol. The SMILES string of the molecule is COCCOc1ccc2[nH]c(C(=O)NC[C@H]3c4c(O)c(OC)c(C)c(OC)c4C[C@H]4[C@H]5c6c(O)c(OC)c(C)c(OC)c6C[C@@H]([C@H](C#N)N34)N5C)cc2c1. The Morgan fingerprint density at radius 3 is 2.11 bits per heavy atom.